The first-order chi connectivity index (χ1) is 14.2. The van der Waals surface area contributed by atoms with Crippen molar-refractivity contribution in [3.05, 3.63) is 63.7 Å². The van der Waals surface area contributed by atoms with Crippen molar-refractivity contribution in [2.75, 3.05) is 33.3 Å². The van der Waals surface area contributed by atoms with E-state index in [0.29, 0.717) is 19.0 Å². The summed E-state index contributed by atoms with van der Waals surface area (Å²) in [6, 6.07) is 12.3. The Labute approximate surface area is 177 Å². The molecule has 0 bridgehead atoms. The number of nitro benzene ring substituents is 1. The predicted molar refractivity (Wildman–Crippen MR) is 114 cm³/mol. The molecule has 1 heterocycles. The van der Waals surface area contributed by atoms with Crippen molar-refractivity contribution in [3.63, 3.8) is 0 Å². The maximum atomic E-state index is 13.0. The van der Waals surface area contributed by atoms with E-state index in [1.165, 1.54) is 34.7 Å². The molecule has 0 atom stereocenters. The molecular formula is C21H27N3O5S. The summed E-state index contributed by atoms with van der Waals surface area (Å²) in [7, 11) is -2.59. The van der Waals surface area contributed by atoms with Gasteiger partial charge in [-0.05, 0) is 29.2 Å². The molecule has 0 spiro atoms. The molecule has 1 aliphatic rings. The number of hydrogen-bond donors (Lipinski definition) is 0. The molecule has 1 aliphatic heterocycles. The van der Waals surface area contributed by atoms with Crippen molar-refractivity contribution in [3.8, 4) is 5.75 Å². The summed E-state index contributed by atoms with van der Waals surface area (Å²) >= 11 is 0. The van der Waals surface area contributed by atoms with Gasteiger partial charge in [-0.3, -0.25) is 15.0 Å². The zero-order valence-corrected chi connectivity index (χ0v) is 18.3. The fourth-order valence-electron chi connectivity index (χ4n) is 3.52. The summed E-state index contributed by atoms with van der Waals surface area (Å²) in [4.78, 5) is 12.6. The Morgan fingerprint density at radius 3 is 2.23 bits per heavy atom. The lowest BCUT2D eigenvalue weighted by Crippen LogP contribution is -2.48. The number of nitro groups is 1. The Balaban J connectivity index is 1.69. The summed E-state index contributed by atoms with van der Waals surface area (Å²) in [6.07, 6.45) is 0. The highest BCUT2D eigenvalue weighted by Crippen LogP contribution is 2.31. The van der Waals surface area contributed by atoms with Gasteiger partial charge in [-0.2, -0.15) is 4.31 Å². The van der Waals surface area contributed by atoms with Gasteiger partial charge in [-0.1, -0.05) is 38.1 Å². The third kappa shape index (κ3) is 4.80. The quantitative estimate of drug-likeness (QED) is 0.492. The minimum Gasteiger partial charge on any atom is -0.497 e. The second kappa shape index (κ2) is 9.11. The minimum absolute atomic E-state index is 0.244. The maximum absolute atomic E-state index is 13.0. The summed E-state index contributed by atoms with van der Waals surface area (Å²) in [5.41, 5.74) is 2.00. The van der Waals surface area contributed by atoms with Crippen molar-refractivity contribution in [2.45, 2.75) is 31.2 Å². The number of nitrogens with zero attached hydrogens (tertiary/aromatic N) is 3. The lowest BCUT2D eigenvalue weighted by Gasteiger charge is -2.34. The molecule has 9 heteroatoms. The predicted octanol–water partition coefficient (Wildman–Crippen LogP) is 3.23. The first-order valence-corrected chi connectivity index (χ1v) is 11.3. The lowest BCUT2D eigenvalue weighted by atomic mass is 10.0. The van der Waals surface area contributed by atoms with Crippen molar-refractivity contribution in [2.24, 2.45) is 0 Å². The van der Waals surface area contributed by atoms with Crippen molar-refractivity contribution in [1.82, 2.24) is 9.21 Å². The Bertz CT molecular complexity index is 998. The lowest BCUT2D eigenvalue weighted by molar-refractivity contribution is -0.387. The molecule has 3 rings (SSSR count). The van der Waals surface area contributed by atoms with E-state index in [2.05, 4.69) is 43.0 Å². The topological polar surface area (TPSA) is 93.0 Å². The fourth-order valence-corrected chi connectivity index (χ4v) is 5.08. The average Bonchev–Trinajstić information content (AvgIpc) is 2.74. The van der Waals surface area contributed by atoms with Gasteiger partial charge in [0.2, 0.25) is 10.0 Å². The standard InChI is InChI=1S/C21H27N3O5S/c1-16(2)18-6-4-17(5-7-18)15-22-10-12-23(13-11-22)30(27,28)21-9-8-19(29-3)14-20(21)24(25)26/h4-9,14,16H,10-13,15H2,1-3H3. The Kier molecular flexibility index (Phi) is 6.74. The Hall–Kier alpha value is -2.49. The first-order valence-electron chi connectivity index (χ1n) is 9.86. The van der Waals surface area contributed by atoms with Crippen LogP contribution in [0.5, 0.6) is 5.75 Å². The molecule has 8 nitrogen and oxygen atoms in total. The molecule has 30 heavy (non-hydrogen) atoms. The molecule has 1 saturated heterocycles. The highest BCUT2D eigenvalue weighted by Gasteiger charge is 2.34. The Morgan fingerprint density at radius 1 is 1.07 bits per heavy atom. The van der Waals surface area contributed by atoms with Crippen LogP contribution in [0.2, 0.25) is 0 Å². The first kappa shape index (κ1) is 22.2. The van der Waals surface area contributed by atoms with Crippen molar-refractivity contribution in [1.29, 1.82) is 0 Å². The minimum atomic E-state index is -3.96. The zero-order chi connectivity index (χ0) is 21.9. The van der Waals surface area contributed by atoms with E-state index in [-0.39, 0.29) is 23.7 Å². The normalized spacial score (nSPS) is 16.0. The molecule has 2 aromatic carbocycles. The van der Waals surface area contributed by atoms with Crippen molar-refractivity contribution >= 4 is 15.7 Å². The van der Waals surface area contributed by atoms with E-state index >= 15 is 0 Å². The molecule has 0 saturated carbocycles. The summed E-state index contributed by atoms with van der Waals surface area (Å²) in [5.74, 6) is 0.726. The van der Waals surface area contributed by atoms with Gasteiger partial charge in [0.25, 0.3) is 5.69 Å². The average molecular weight is 434 g/mol. The van der Waals surface area contributed by atoms with Gasteiger partial charge in [0.1, 0.15) is 5.75 Å². The number of piperazine rings is 1. The number of rotatable bonds is 7. The molecule has 0 aromatic heterocycles. The number of hydrogen-bond acceptors (Lipinski definition) is 6. The number of methoxy groups -OCH3 is 1. The molecule has 0 unspecified atom stereocenters. The van der Waals surface area contributed by atoms with E-state index < -0.39 is 20.6 Å². The molecule has 0 radical (unpaired) electrons. The molecule has 2 aromatic rings. The summed E-state index contributed by atoms with van der Waals surface area (Å²) in [6.45, 7) is 6.76. The fraction of sp³-hybridized carbons (Fsp3) is 0.429. The van der Waals surface area contributed by atoms with Crippen LogP contribution in [0.1, 0.15) is 30.9 Å². The summed E-state index contributed by atoms with van der Waals surface area (Å²) < 4.78 is 32.4. The van der Waals surface area contributed by atoms with Gasteiger partial charge in [0, 0.05) is 32.7 Å². The van der Waals surface area contributed by atoms with Crippen LogP contribution in [0, 0.1) is 10.1 Å². The van der Waals surface area contributed by atoms with Gasteiger partial charge in [-0.15, -0.1) is 0 Å². The van der Waals surface area contributed by atoms with E-state index in [1.807, 2.05) is 0 Å². The highest BCUT2D eigenvalue weighted by molar-refractivity contribution is 7.89. The summed E-state index contributed by atoms with van der Waals surface area (Å²) in [5, 5.41) is 11.4. The SMILES string of the molecule is COc1ccc(S(=O)(=O)N2CCN(Cc3ccc(C(C)C)cc3)CC2)c([N+](=O)[O-])c1. The van der Waals surface area contributed by atoms with Gasteiger partial charge in [0.15, 0.2) is 4.90 Å². The van der Waals surface area contributed by atoms with Crippen LogP contribution < -0.4 is 4.74 Å². The van der Waals surface area contributed by atoms with Gasteiger partial charge >= 0.3 is 0 Å². The molecule has 0 aliphatic carbocycles. The molecule has 162 valence electrons. The van der Waals surface area contributed by atoms with Gasteiger partial charge in [0.05, 0.1) is 18.1 Å². The number of sulfonamides is 1. The monoisotopic (exact) mass is 433 g/mol. The Morgan fingerprint density at radius 2 is 1.70 bits per heavy atom. The molecule has 0 amide bonds. The molecule has 1 fully saturated rings. The third-order valence-corrected chi connectivity index (χ3v) is 7.31. The van der Waals surface area contributed by atoms with Gasteiger partial charge < -0.3 is 4.74 Å². The van der Waals surface area contributed by atoms with Crippen molar-refractivity contribution < 1.29 is 18.1 Å². The zero-order valence-electron chi connectivity index (χ0n) is 17.4. The number of benzene rings is 2. The second-order valence-electron chi connectivity index (χ2n) is 7.67. The van der Waals surface area contributed by atoms with E-state index in [1.54, 1.807) is 0 Å². The van der Waals surface area contributed by atoms with E-state index in [0.717, 1.165) is 12.6 Å². The van der Waals surface area contributed by atoms with Crippen LogP contribution in [0.25, 0.3) is 0 Å². The number of ether oxygens (including phenoxy) is 1. The smallest absolute Gasteiger partial charge is 0.293 e. The largest absolute Gasteiger partial charge is 0.497 e. The van der Waals surface area contributed by atoms with Crippen LogP contribution in [0.15, 0.2) is 47.4 Å². The van der Waals surface area contributed by atoms with Crippen LogP contribution >= 0.6 is 0 Å². The third-order valence-electron chi connectivity index (χ3n) is 5.36. The van der Waals surface area contributed by atoms with Crippen LogP contribution in [-0.2, 0) is 16.6 Å². The highest BCUT2D eigenvalue weighted by atomic mass is 32.2. The molecule has 0 N–H and O–H groups in total. The van der Waals surface area contributed by atoms with E-state index in [4.69, 9.17) is 4.74 Å². The van der Waals surface area contributed by atoms with E-state index in [9.17, 15) is 18.5 Å². The van der Waals surface area contributed by atoms with Gasteiger partial charge in [-0.25, -0.2) is 8.42 Å². The second-order valence-corrected chi connectivity index (χ2v) is 9.57. The molecular weight excluding hydrogens is 406 g/mol. The van der Waals surface area contributed by atoms with Crippen LogP contribution in [-0.4, -0.2) is 55.8 Å². The van der Waals surface area contributed by atoms with Crippen LogP contribution in [0.3, 0.4) is 0 Å². The van der Waals surface area contributed by atoms with Crippen LogP contribution in [0.4, 0.5) is 5.69 Å². The maximum Gasteiger partial charge on any atom is 0.293 e.